The lowest BCUT2D eigenvalue weighted by molar-refractivity contribution is 0.152. The first-order valence-electron chi connectivity index (χ1n) is 9.34. The van der Waals surface area contributed by atoms with Crippen molar-refractivity contribution in [1.29, 1.82) is 0 Å². The Kier molecular flexibility index (Phi) is 23.8. The molecule has 0 heterocycles. The van der Waals surface area contributed by atoms with E-state index in [4.69, 9.17) is 4.74 Å². The van der Waals surface area contributed by atoms with Gasteiger partial charge in [0.05, 0.1) is 0 Å². The molecule has 0 aliphatic rings. The molecule has 1 unspecified atom stereocenters. The van der Waals surface area contributed by atoms with E-state index < -0.39 is 11.7 Å². The van der Waals surface area contributed by atoms with E-state index >= 15 is 0 Å². The minimum atomic E-state index is -0.797. The lowest BCUT2D eigenvalue weighted by atomic mass is 9.93. The molecule has 0 saturated heterocycles. The Labute approximate surface area is 155 Å². The predicted octanol–water partition coefficient (Wildman–Crippen LogP) is 7.97. The van der Waals surface area contributed by atoms with Crippen LogP contribution >= 0.6 is 0 Å². The van der Waals surface area contributed by atoms with Crippen LogP contribution in [0.25, 0.3) is 0 Å². The largest absolute Gasteiger partial charge is 0.375 e. The number of allylic oxidation sites excluding steroid dienone is 4. The summed E-state index contributed by atoms with van der Waals surface area (Å²) < 4.78 is 31.4. The zero-order chi connectivity index (χ0) is 20.3. The second-order valence-electron chi connectivity index (χ2n) is 5.84. The van der Waals surface area contributed by atoms with Gasteiger partial charge in [0.15, 0.2) is 5.83 Å². The van der Waals surface area contributed by atoms with E-state index in [0.29, 0.717) is 24.9 Å². The quantitative estimate of drug-likeness (QED) is 0.269. The van der Waals surface area contributed by atoms with Crippen molar-refractivity contribution in [2.75, 3.05) is 13.2 Å². The van der Waals surface area contributed by atoms with Crippen LogP contribution in [0.15, 0.2) is 49.1 Å². The van der Waals surface area contributed by atoms with Gasteiger partial charge in [-0.25, -0.2) is 8.78 Å². The van der Waals surface area contributed by atoms with Gasteiger partial charge in [-0.2, -0.15) is 0 Å². The summed E-state index contributed by atoms with van der Waals surface area (Å²) in [5.74, 6) is -0.392. The molecular weight excluding hydrogens is 318 g/mol. The van der Waals surface area contributed by atoms with Crippen LogP contribution in [0.3, 0.4) is 0 Å². The zero-order valence-corrected chi connectivity index (χ0v) is 17.3. The Morgan fingerprint density at radius 2 is 1.60 bits per heavy atom. The van der Waals surface area contributed by atoms with Crippen LogP contribution in [0.4, 0.5) is 8.78 Å². The summed E-state index contributed by atoms with van der Waals surface area (Å²) in [7, 11) is 0. The van der Waals surface area contributed by atoms with E-state index in [9.17, 15) is 8.78 Å². The summed E-state index contributed by atoms with van der Waals surface area (Å²) in [6.45, 7) is 22.5. The topological polar surface area (TPSA) is 9.23 Å². The monoisotopic (exact) mass is 358 g/mol. The number of halogens is 2. The van der Waals surface area contributed by atoms with Crippen LogP contribution < -0.4 is 0 Å². The molecule has 25 heavy (non-hydrogen) atoms. The molecule has 0 rings (SSSR count). The molecule has 0 fully saturated rings. The van der Waals surface area contributed by atoms with Crippen LogP contribution in [0.1, 0.15) is 67.2 Å². The molecule has 3 heteroatoms. The van der Waals surface area contributed by atoms with Gasteiger partial charge < -0.3 is 4.74 Å². The van der Waals surface area contributed by atoms with Crippen LogP contribution in [-0.2, 0) is 4.74 Å². The summed E-state index contributed by atoms with van der Waals surface area (Å²) in [6.07, 6.45) is 6.62. The van der Waals surface area contributed by atoms with E-state index in [-0.39, 0.29) is 13.0 Å². The van der Waals surface area contributed by atoms with Gasteiger partial charge in [0, 0.05) is 13.0 Å². The first kappa shape index (κ1) is 28.6. The van der Waals surface area contributed by atoms with E-state index in [1.165, 1.54) is 6.42 Å². The highest BCUT2D eigenvalue weighted by Gasteiger charge is 2.07. The van der Waals surface area contributed by atoms with Crippen molar-refractivity contribution in [2.45, 2.75) is 67.2 Å². The standard InChI is InChI=1S/C18H30F2O.C2H6.C2H4/c1-6-21-13-18(20)17(19)10-8-7-9-15(4)16(5)12-11-14(2)3;2*1-2/h7,9,14,16H,4,6,8,10-13H2,1-3,5H3;1-2H3;1-2H2/b9-7-,18-17-;;. The first-order chi connectivity index (χ1) is 11.9. The number of hydrogen-bond donors (Lipinski definition) is 0. The van der Waals surface area contributed by atoms with E-state index in [1.54, 1.807) is 6.92 Å². The Balaban J connectivity index is -0.00000112. The molecule has 0 amide bonds. The van der Waals surface area contributed by atoms with Crippen molar-refractivity contribution in [1.82, 2.24) is 0 Å². The summed E-state index contributed by atoms with van der Waals surface area (Å²) >= 11 is 0. The normalized spacial score (nSPS) is 12.7. The van der Waals surface area contributed by atoms with Crippen molar-refractivity contribution in [3.8, 4) is 0 Å². The average molecular weight is 359 g/mol. The molecule has 0 aromatic heterocycles. The van der Waals surface area contributed by atoms with Crippen molar-refractivity contribution >= 4 is 0 Å². The Bertz CT molecular complexity index is 370. The number of rotatable bonds is 11. The molecule has 0 N–H and O–H groups in total. The van der Waals surface area contributed by atoms with Gasteiger partial charge in [-0.05, 0) is 31.6 Å². The minimum Gasteiger partial charge on any atom is -0.375 e. The van der Waals surface area contributed by atoms with E-state index in [0.717, 1.165) is 12.0 Å². The molecule has 148 valence electrons. The summed E-state index contributed by atoms with van der Waals surface area (Å²) in [5.41, 5.74) is 1.05. The molecule has 0 bridgehead atoms. The fourth-order valence-electron chi connectivity index (χ4n) is 1.78. The average Bonchev–Trinajstić information content (AvgIpc) is 2.63. The minimum absolute atomic E-state index is 0.0725. The maximum atomic E-state index is 13.4. The Morgan fingerprint density at radius 1 is 1.04 bits per heavy atom. The molecule has 0 spiro atoms. The zero-order valence-electron chi connectivity index (χ0n) is 17.3. The maximum absolute atomic E-state index is 13.4. The number of hydrogen-bond acceptors (Lipinski definition) is 1. The predicted molar refractivity (Wildman–Crippen MR) is 109 cm³/mol. The Hall–Kier alpha value is -1.22. The van der Waals surface area contributed by atoms with Gasteiger partial charge in [0.2, 0.25) is 0 Å². The third-order valence-corrected chi connectivity index (χ3v) is 3.40. The van der Waals surface area contributed by atoms with Crippen LogP contribution in [0.2, 0.25) is 0 Å². The molecule has 1 atom stereocenters. The lowest BCUT2D eigenvalue weighted by Crippen LogP contribution is -1.99. The maximum Gasteiger partial charge on any atom is 0.157 e. The van der Waals surface area contributed by atoms with Gasteiger partial charge in [-0.3, -0.25) is 0 Å². The van der Waals surface area contributed by atoms with Crippen molar-refractivity contribution in [3.05, 3.63) is 49.1 Å². The molecular formula is C22H40F2O. The fraction of sp³-hybridized carbons (Fsp3) is 0.636. The molecule has 0 aliphatic carbocycles. The summed E-state index contributed by atoms with van der Waals surface area (Å²) in [5, 5.41) is 0. The van der Waals surface area contributed by atoms with Crippen molar-refractivity contribution in [3.63, 3.8) is 0 Å². The lowest BCUT2D eigenvalue weighted by Gasteiger charge is -2.13. The van der Waals surface area contributed by atoms with Crippen LogP contribution in [0.5, 0.6) is 0 Å². The third kappa shape index (κ3) is 19.0. The molecule has 0 saturated carbocycles. The van der Waals surface area contributed by atoms with Crippen molar-refractivity contribution in [2.24, 2.45) is 11.8 Å². The van der Waals surface area contributed by atoms with Gasteiger partial charge in [-0.15, -0.1) is 13.2 Å². The summed E-state index contributed by atoms with van der Waals surface area (Å²) in [4.78, 5) is 0. The highest BCUT2D eigenvalue weighted by molar-refractivity contribution is 5.17. The van der Waals surface area contributed by atoms with Gasteiger partial charge in [0.1, 0.15) is 12.4 Å². The van der Waals surface area contributed by atoms with E-state index in [2.05, 4.69) is 40.5 Å². The Morgan fingerprint density at radius 3 is 2.08 bits per heavy atom. The number of ether oxygens (including phenoxy) is 1. The molecule has 1 nitrogen and oxygen atoms in total. The van der Waals surface area contributed by atoms with Crippen LogP contribution in [0, 0.1) is 11.8 Å². The highest BCUT2D eigenvalue weighted by atomic mass is 19.2. The van der Waals surface area contributed by atoms with Crippen molar-refractivity contribution < 1.29 is 13.5 Å². The van der Waals surface area contributed by atoms with Crippen LogP contribution in [-0.4, -0.2) is 13.2 Å². The second-order valence-corrected chi connectivity index (χ2v) is 5.84. The summed E-state index contributed by atoms with van der Waals surface area (Å²) in [6, 6.07) is 0. The smallest absolute Gasteiger partial charge is 0.157 e. The molecule has 0 aromatic carbocycles. The van der Waals surface area contributed by atoms with Gasteiger partial charge >= 0.3 is 0 Å². The molecule has 0 radical (unpaired) electrons. The molecule has 0 aliphatic heterocycles. The fourth-order valence-corrected chi connectivity index (χ4v) is 1.78. The highest BCUT2D eigenvalue weighted by Crippen LogP contribution is 2.20. The molecule has 0 aromatic rings. The third-order valence-electron chi connectivity index (χ3n) is 3.40. The SMILES string of the molecule is C=C.C=C(/C=C\CC/C(F)=C(/F)COCC)C(C)CCC(C)C.CC. The second kappa shape index (κ2) is 20.8. The first-order valence-corrected chi connectivity index (χ1v) is 9.34. The van der Waals surface area contributed by atoms with Gasteiger partial charge in [0.25, 0.3) is 0 Å². The van der Waals surface area contributed by atoms with E-state index in [1.807, 2.05) is 26.0 Å². The van der Waals surface area contributed by atoms with Gasteiger partial charge in [-0.1, -0.05) is 65.3 Å².